The Morgan fingerprint density at radius 2 is 1.89 bits per heavy atom. The number of rotatable bonds is 0. The molecule has 0 radical (unpaired) electrons. The summed E-state index contributed by atoms with van der Waals surface area (Å²) < 4.78 is 0. The largest absolute Gasteiger partial charge is 0.296 e. The smallest absolute Gasteiger partial charge is 0.265 e. The topological polar surface area (TPSA) is 54.7 Å². The van der Waals surface area contributed by atoms with Crippen LogP contribution in [-0.4, -0.2) is 10.9 Å². The highest BCUT2D eigenvalue weighted by molar-refractivity contribution is 6.12. The summed E-state index contributed by atoms with van der Waals surface area (Å²) in [6, 6.07) is 5.65. The maximum Gasteiger partial charge on any atom is 0.296 e. The summed E-state index contributed by atoms with van der Waals surface area (Å²) in [5, 5.41) is 8.87. The van der Waals surface area contributed by atoms with Crippen molar-refractivity contribution in [2.45, 2.75) is 32.1 Å². The van der Waals surface area contributed by atoms with Crippen molar-refractivity contribution in [3.63, 3.8) is 0 Å². The third kappa shape index (κ3) is 1.52. The SMILES string of the molecule is O=C1N=Nc2c3c(nc4cccc1c24)CCCCC3. The van der Waals surface area contributed by atoms with Crippen LogP contribution in [0.3, 0.4) is 0 Å². The third-order valence-electron chi connectivity index (χ3n) is 3.98. The molecule has 1 aliphatic heterocycles. The van der Waals surface area contributed by atoms with Crippen LogP contribution in [0, 0.1) is 0 Å². The monoisotopic (exact) mass is 251 g/mol. The molecule has 0 fully saturated rings. The number of hydrogen-bond acceptors (Lipinski definition) is 3. The van der Waals surface area contributed by atoms with Gasteiger partial charge in [-0.05, 0) is 37.8 Å². The number of amides is 1. The maximum absolute atomic E-state index is 11.8. The van der Waals surface area contributed by atoms with E-state index >= 15 is 0 Å². The van der Waals surface area contributed by atoms with E-state index in [9.17, 15) is 4.79 Å². The molecular formula is C15H13N3O. The number of aryl methyl sites for hydroxylation is 1. The predicted molar refractivity (Wildman–Crippen MR) is 71.8 cm³/mol. The summed E-state index contributed by atoms with van der Waals surface area (Å²) in [5.74, 6) is -0.256. The molecule has 2 aromatic rings. The van der Waals surface area contributed by atoms with Crippen LogP contribution in [0.25, 0.3) is 10.9 Å². The van der Waals surface area contributed by atoms with Crippen molar-refractivity contribution in [3.8, 4) is 0 Å². The Labute approximate surface area is 110 Å². The maximum atomic E-state index is 11.8. The van der Waals surface area contributed by atoms with Crippen molar-refractivity contribution >= 4 is 22.5 Å². The van der Waals surface area contributed by atoms with E-state index in [1.54, 1.807) is 0 Å². The van der Waals surface area contributed by atoms with Crippen molar-refractivity contribution in [2.24, 2.45) is 10.2 Å². The number of azo groups is 1. The number of pyridine rings is 1. The minimum atomic E-state index is -0.256. The minimum absolute atomic E-state index is 0.256. The molecule has 94 valence electrons. The van der Waals surface area contributed by atoms with E-state index in [-0.39, 0.29) is 5.91 Å². The Morgan fingerprint density at radius 1 is 1.00 bits per heavy atom. The van der Waals surface area contributed by atoms with Crippen LogP contribution in [-0.2, 0) is 12.8 Å². The Bertz CT molecular complexity index is 734. The number of nitrogens with zero attached hydrogens (tertiary/aromatic N) is 3. The first-order valence-electron chi connectivity index (χ1n) is 6.75. The van der Waals surface area contributed by atoms with E-state index in [1.807, 2.05) is 18.2 Å². The third-order valence-corrected chi connectivity index (χ3v) is 3.98. The summed E-state index contributed by atoms with van der Waals surface area (Å²) in [5.41, 5.74) is 4.75. The Balaban J connectivity index is 2.13. The van der Waals surface area contributed by atoms with Crippen molar-refractivity contribution in [3.05, 3.63) is 35.0 Å². The second-order valence-electron chi connectivity index (χ2n) is 5.15. The first-order chi connectivity index (χ1) is 9.34. The molecule has 4 heteroatoms. The van der Waals surface area contributed by atoms with Crippen LogP contribution >= 0.6 is 0 Å². The molecule has 0 spiro atoms. The van der Waals surface area contributed by atoms with E-state index < -0.39 is 0 Å². The summed E-state index contributed by atoms with van der Waals surface area (Å²) in [6.45, 7) is 0. The van der Waals surface area contributed by atoms with Gasteiger partial charge in [-0.3, -0.25) is 9.78 Å². The number of hydrogen-bond donors (Lipinski definition) is 0. The number of benzene rings is 1. The average Bonchev–Trinajstić information content (AvgIpc) is 2.67. The molecule has 1 aromatic carbocycles. The van der Waals surface area contributed by atoms with Gasteiger partial charge in [0.25, 0.3) is 5.91 Å². The molecule has 0 atom stereocenters. The molecule has 0 saturated heterocycles. The summed E-state index contributed by atoms with van der Waals surface area (Å²) in [7, 11) is 0. The van der Waals surface area contributed by atoms with Gasteiger partial charge < -0.3 is 0 Å². The number of carbonyl (C=O) groups is 1. The van der Waals surface area contributed by atoms with Crippen LogP contribution in [0.15, 0.2) is 28.4 Å². The highest BCUT2D eigenvalue weighted by Gasteiger charge is 2.23. The number of aromatic nitrogens is 1. The normalized spacial score (nSPS) is 17.4. The van der Waals surface area contributed by atoms with E-state index in [4.69, 9.17) is 4.98 Å². The van der Waals surface area contributed by atoms with Gasteiger partial charge in [0.1, 0.15) is 5.69 Å². The molecule has 19 heavy (non-hydrogen) atoms. The fourth-order valence-electron chi connectivity index (χ4n) is 3.06. The molecule has 0 bridgehead atoms. The second-order valence-corrected chi connectivity index (χ2v) is 5.15. The van der Waals surface area contributed by atoms with E-state index in [1.165, 1.54) is 24.8 Å². The van der Waals surface area contributed by atoms with E-state index in [0.717, 1.165) is 35.1 Å². The van der Waals surface area contributed by atoms with Gasteiger partial charge in [0.15, 0.2) is 0 Å². The Hall–Kier alpha value is -2.10. The highest BCUT2D eigenvalue weighted by Crippen LogP contribution is 2.39. The average molecular weight is 251 g/mol. The van der Waals surface area contributed by atoms with Gasteiger partial charge in [-0.1, -0.05) is 12.5 Å². The summed E-state index contributed by atoms with van der Waals surface area (Å²) in [6.07, 6.45) is 5.58. The molecule has 2 heterocycles. The molecule has 2 aliphatic rings. The lowest BCUT2D eigenvalue weighted by atomic mass is 9.98. The first kappa shape index (κ1) is 10.8. The van der Waals surface area contributed by atoms with Crippen LogP contribution in [0.5, 0.6) is 0 Å². The van der Waals surface area contributed by atoms with Gasteiger partial charge in [0, 0.05) is 16.6 Å². The fourth-order valence-corrected chi connectivity index (χ4v) is 3.06. The van der Waals surface area contributed by atoms with Crippen molar-refractivity contribution in [2.75, 3.05) is 0 Å². The molecular weight excluding hydrogens is 238 g/mol. The molecule has 4 rings (SSSR count). The van der Waals surface area contributed by atoms with E-state index in [2.05, 4.69) is 10.2 Å². The van der Waals surface area contributed by atoms with Gasteiger partial charge in [-0.2, -0.15) is 0 Å². The van der Waals surface area contributed by atoms with Crippen molar-refractivity contribution in [1.29, 1.82) is 0 Å². The van der Waals surface area contributed by atoms with Crippen LogP contribution in [0.1, 0.15) is 40.9 Å². The summed E-state index contributed by atoms with van der Waals surface area (Å²) in [4.78, 5) is 16.6. The zero-order valence-electron chi connectivity index (χ0n) is 10.5. The Morgan fingerprint density at radius 3 is 2.84 bits per heavy atom. The minimum Gasteiger partial charge on any atom is -0.265 e. The van der Waals surface area contributed by atoms with Crippen molar-refractivity contribution < 1.29 is 4.79 Å². The summed E-state index contributed by atoms with van der Waals surface area (Å²) >= 11 is 0. The molecule has 4 nitrogen and oxygen atoms in total. The fraction of sp³-hybridized carbons (Fsp3) is 0.333. The molecule has 1 aliphatic carbocycles. The van der Waals surface area contributed by atoms with E-state index in [0.29, 0.717) is 5.56 Å². The lowest BCUT2D eigenvalue weighted by Crippen LogP contribution is -2.05. The first-order valence-corrected chi connectivity index (χ1v) is 6.75. The molecule has 0 N–H and O–H groups in total. The molecule has 1 aromatic heterocycles. The van der Waals surface area contributed by atoms with Gasteiger partial charge >= 0.3 is 0 Å². The van der Waals surface area contributed by atoms with Crippen LogP contribution in [0.4, 0.5) is 5.69 Å². The second kappa shape index (κ2) is 3.95. The lowest BCUT2D eigenvalue weighted by Gasteiger charge is -2.15. The standard InChI is InChI=1S/C15H13N3O/c19-15-10-6-4-8-12-13(10)14(17-18-15)9-5-2-1-3-7-11(9)16-12/h4,6,8H,1-3,5,7H2. The van der Waals surface area contributed by atoms with Crippen LogP contribution in [0.2, 0.25) is 0 Å². The quantitative estimate of drug-likeness (QED) is 0.670. The van der Waals surface area contributed by atoms with Crippen LogP contribution < -0.4 is 0 Å². The number of fused-ring (bicyclic) bond motifs is 2. The lowest BCUT2D eigenvalue weighted by molar-refractivity contribution is 0.0995. The zero-order chi connectivity index (χ0) is 12.8. The molecule has 0 unspecified atom stereocenters. The van der Waals surface area contributed by atoms with Gasteiger partial charge in [0.2, 0.25) is 0 Å². The van der Waals surface area contributed by atoms with Gasteiger partial charge in [-0.25, -0.2) is 0 Å². The highest BCUT2D eigenvalue weighted by atomic mass is 16.1. The van der Waals surface area contributed by atoms with Gasteiger partial charge in [0.05, 0.1) is 11.1 Å². The van der Waals surface area contributed by atoms with Gasteiger partial charge in [-0.15, -0.1) is 10.2 Å². The molecule has 1 amide bonds. The predicted octanol–water partition coefficient (Wildman–Crippen LogP) is 3.74. The number of carbonyl (C=O) groups excluding carboxylic acids is 1. The van der Waals surface area contributed by atoms with Crippen molar-refractivity contribution in [1.82, 2.24) is 4.98 Å². The molecule has 0 saturated carbocycles. The zero-order valence-corrected chi connectivity index (χ0v) is 10.5. The Kier molecular flexibility index (Phi) is 2.24.